The largest absolute Gasteiger partial charge is 0.447 e. The predicted octanol–water partition coefficient (Wildman–Crippen LogP) is -4.24. The van der Waals surface area contributed by atoms with Gasteiger partial charge in [-0.15, -0.1) is 0 Å². The van der Waals surface area contributed by atoms with Gasteiger partial charge in [-0.2, -0.15) is 0 Å². The van der Waals surface area contributed by atoms with Gasteiger partial charge in [0.05, 0.1) is 95.7 Å². The van der Waals surface area contributed by atoms with Gasteiger partial charge in [0.2, 0.25) is 23.6 Å². The Morgan fingerprint density at radius 1 is 0.495 bits per heavy atom. The molecule has 0 bridgehead atoms. The number of piperazine rings is 1. The standard InChI is InChI=1S/C66H126N24O19P2/c1-44(92)33-47(13-8-18-77-61(67)68)60(99)84-53(17-12-22-81-65(75)76)55(94)35-49(15-10-20-79-63(71)72)58(97)82-36-56(95)52(16-11-21-80-64(73)74)54(93)34-48(14-9-19-78-62(69)70)59(98)83-37-57(96)88-38-45(2)108-50(40-88)42-107-111(102,86(6)7)90-39-46(3)109-51(41-90)43-106-110(101,85(4)5)89-25-23-87(24-26-89)66(100)105-32-31-104-30-29-103-28-27-91/h45-53,91H,8-43H2,1-7H3,(H,82,97)(H,83,98)(H,84,99)(H4,67,68,77)(H4,69,70,78)(H4,71,72,79)(H4,73,74,80)(H4,75,76,81)/t45-,46-,47+,48+,49+,50-,51-,52-,53-,110?,111?/m0/s1. The first-order chi connectivity index (χ1) is 52.5. The number of nitrogens with zero attached hydrogens (tertiary/aromatic N) is 11. The zero-order valence-corrected chi connectivity index (χ0v) is 67.3. The lowest BCUT2D eigenvalue weighted by Gasteiger charge is -2.44. The highest BCUT2D eigenvalue weighted by atomic mass is 31.2. The van der Waals surface area contributed by atoms with Crippen LogP contribution in [0.3, 0.4) is 0 Å². The van der Waals surface area contributed by atoms with E-state index in [-0.39, 0.29) is 231 Å². The second-order valence-electron chi connectivity index (χ2n) is 27.7. The Morgan fingerprint density at radius 3 is 1.40 bits per heavy atom. The van der Waals surface area contributed by atoms with Crippen molar-refractivity contribution in [3.8, 4) is 0 Å². The highest BCUT2D eigenvalue weighted by molar-refractivity contribution is 7.54. The van der Waals surface area contributed by atoms with Crippen molar-refractivity contribution in [2.45, 2.75) is 135 Å². The summed E-state index contributed by atoms with van der Waals surface area (Å²) in [5, 5.41) is 16.9. The van der Waals surface area contributed by atoms with Gasteiger partial charge < -0.3 is 126 Å². The van der Waals surface area contributed by atoms with E-state index < -0.39 is 142 Å². The first-order valence-electron chi connectivity index (χ1n) is 37.3. The normalized spacial score (nSPS) is 19.3. The van der Waals surface area contributed by atoms with E-state index >= 15 is 4.57 Å². The number of morpholine rings is 2. The first kappa shape index (κ1) is 97.4. The molecule has 24 N–H and O–H groups in total. The summed E-state index contributed by atoms with van der Waals surface area (Å²) in [4.78, 5) is 148. The Kier molecular flexibility index (Phi) is 45.4. The van der Waals surface area contributed by atoms with Crippen LogP contribution in [0.4, 0.5) is 4.79 Å². The molecule has 2 unspecified atom stereocenters. The zero-order chi connectivity index (χ0) is 82.8. The maximum atomic E-state index is 15.1. The molecule has 0 aromatic carbocycles. The van der Waals surface area contributed by atoms with E-state index in [0.29, 0.717) is 13.0 Å². The van der Waals surface area contributed by atoms with Crippen molar-refractivity contribution in [3.05, 3.63) is 0 Å². The molecular weight excluding hydrogens is 1490 g/mol. The molecule has 11 atom stereocenters. The third kappa shape index (κ3) is 37.6. The number of ether oxygens (including phenoxy) is 5. The highest BCUT2D eigenvalue weighted by Crippen LogP contribution is 2.55. The summed E-state index contributed by atoms with van der Waals surface area (Å²) in [5.74, 6) is -10.6. The maximum Gasteiger partial charge on any atom is 0.409 e. The van der Waals surface area contributed by atoms with E-state index in [2.05, 4.69) is 40.9 Å². The monoisotopic (exact) mass is 1620 g/mol. The molecule has 3 heterocycles. The average Bonchev–Trinajstić information content (AvgIpc) is 0.793. The molecule has 45 heteroatoms. The number of aliphatic hydroxyl groups is 1. The lowest BCUT2D eigenvalue weighted by atomic mass is 9.85. The Morgan fingerprint density at radius 2 is 0.919 bits per heavy atom. The number of ketones is 4. The number of aliphatic hydroxyl groups excluding tert-OH is 1. The number of carbonyl (C=O) groups is 9. The van der Waals surface area contributed by atoms with Crippen molar-refractivity contribution in [1.82, 2.24) is 44.4 Å². The highest BCUT2D eigenvalue weighted by Gasteiger charge is 2.45. The van der Waals surface area contributed by atoms with E-state index in [4.69, 9.17) is 95.2 Å². The molecule has 5 amide bonds. The van der Waals surface area contributed by atoms with Crippen LogP contribution >= 0.6 is 15.3 Å². The van der Waals surface area contributed by atoms with E-state index in [1.807, 2.05) is 0 Å². The van der Waals surface area contributed by atoms with Crippen LogP contribution in [0.2, 0.25) is 0 Å². The number of nitrogens with two attached hydrogens (primary N) is 10. The molecule has 0 saturated carbocycles. The molecule has 3 aliphatic rings. The van der Waals surface area contributed by atoms with Gasteiger partial charge in [0.1, 0.15) is 18.2 Å². The topological polar surface area (TPSA) is 650 Å². The molecule has 3 saturated heterocycles. The summed E-state index contributed by atoms with van der Waals surface area (Å²) in [6.07, 6.45) is -3.17. The third-order valence-electron chi connectivity index (χ3n) is 17.9. The Balaban J connectivity index is 1.78. The molecular formula is C66H126N24O19P2. The SMILES string of the molecule is CC(=O)C[C@@H](CCCN=C(N)N)C(=O)N[C@@H](CCCN=C(N)N)C(=O)C[C@@H](CCCN=C(N)N)C(=O)NCC(=O)[C@@H](CCCN=C(N)N)C(=O)C[C@@H](CCCN=C(N)N)C(=O)NCC(=O)N1C[C@@H](COP(=O)(N(C)C)N2C[C@@H](COP(=O)(N(C)C)N3CCN(C(=O)OCCOCCOCCO)CC3)O[C@@H](C)C2)O[C@@H](C)C1. The molecule has 0 aromatic rings. The summed E-state index contributed by atoms with van der Waals surface area (Å²) in [5.41, 5.74) is 55.6. The Labute approximate surface area is 650 Å². The maximum absolute atomic E-state index is 15.1. The first-order valence-corrected chi connectivity index (χ1v) is 40.4. The fourth-order valence-electron chi connectivity index (χ4n) is 12.4. The van der Waals surface area contributed by atoms with E-state index in [0.717, 1.165) is 0 Å². The predicted molar refractivity (Wildman–Crippen MR) is 416 cm³/mol. The van der Waals surface area contributed by atoms with Gasteiger partial charge in [-0.1, -0.05) is 0 Å². The number of Topliss-reactive ketones (excluding diaryl/α,β-unsaturated/α-hetero) is 4. The molecule has 0 aromatic heterocycles. The second-order valence-corrected chi connectivity index (χ2v) is 32.9. The van der Waals surface area contributed by atoms with E-state index in [1.54, 1.807) is 51.4 Å². The number of hydrogen-bond acceptors (Lipinski definition) is 24. The summed E-state index contributed by atoms with van der Waals surface area (Å²) in [6, 6.07) is -1.20. The molecule has 3 rings (SSSR count). The molecule has 3 fully saturated rings. The number of rotatable bonds is 55. The number of aliphatic imine (C=N–C) groups is 5. The molecule has 634 valence electrons. The lowest BCUT2D eigenvalue weighted by Crippen LogP contribution is -2.53. The fourth-order valence-corrected chi connectivity index (χ4v) is 16.5. The van der Waals surface area contributed by atoms with Gasteiger partial charge in [0.15, 0.2) is 41.4 Å². The number of guanidine groups is 5. The van der Waals surface area contributed by atoms with Crippen LogP contribution < -0.4 is 73.3 Å². The molecule has 0 spiro atoms. The average molecular weight is 1620 g/mol. The van der Waals surface area contributed by atoms with Crippen LogP contribution in [0.1, 0.15) is 104 Å². The quantitative estimate of drug-likeness (QED) is 0.00902. The van der Waals surface area contributed by atoms with Gasteiger partial charge in [-0.3, -0.25) is 67.7 Å². The number of hydrogen-bond donors (Lipinski definition) is 14. The Hall–Kier alpha value is -7.80. The number of nitrogens with one attached hydrogen (secondary N) is 3. The van der Waals surface area contributed by atoms with Crippen LogP contribution in [-0.4, -0.2) is 326 Å². The second kappa shape index (κ2) is 51.8. The number of amides is 5. The summed E-state index contributed by atoms with van der Waals surface area (Å²) in [6.45, 7) is 5.52. The van der Waals surface area contributed by atoms with Crippen LogP contribution in [0.15, 0.2) is 25.0 Å². The van der Waals surface area contributed by atoms with Gasteiger partial charge in [0.25, 0.3) is 0 Å². The molecule has 43 nitrogen and oxygen atoms in total. The van der Waals surface area contributed by atoms with Crippen LogP contribution in [0, 0.1) is 23.7 Å². The molecule has 3 aliphatic heterocycles. The van der Waals surface area contributed by atoms with E-state index in [1.165, 1.54) is 26.1 Å². The minimum absolute atomic E-state index is 0.00140. The van der Waals surface area contributed by atoms with Gasteiger partial charge in [0, 0.05) is 122 Å². The van der Waals surface area contributed by atoms with Crippen LogP contribution in [-0.2, 0) is 80.2 Å². The van der Waals surface area contributed by atoms with Gasteiger partial charge in [-0.25, -0.2) is 23.5 Å². The van der Waals surface area contributed by atoms with Crippen molar-refractivity contribution >= 4 is 98.0 Å². The van der Waals surface area contributed by atoms with Crippen molar-refractivity contribution in [3.63, 3.8) is 0 Å². The fraction of sp³-hybridized carbons (Fsp3) is 0.788. The minimum Gasteiger partial charge on any atom is -0.447 e. The molecule has 0 aliphatic carbocycles. The zero-order valence-electron chi connectivity index (χ0n) is 65.5. The van der Waals surface area contributed by atoms with Crippen LogP contribution in [0.5, 0.6) is 0 Å². The van der Waals surface area contributed by atoms with Crippen molar-refractivity contribution in [2.75, 3.05) is 179 Å². The van der Waals surface area contributed by atoms with Crippen LogP contribution in [0.25, 0.3) is 0 Å². The summed E-state index contributed by atoms with van der Waals surface area (Å²) < 4.78 is 77.0. The van der Waals surface area contributed by atoms with Crippen molar-refractivity contribution in [2.24, 2.45) is 106 Å². The van der Waals surface area contributed by atoms with Gasteiger partial charge >= 0.3 is 21.4 Å². The lowest BCUT2D eigenvalue weighted by molar-refractivity contribution is -0.147. The third-order valence-corrected chi connectivity index (χ3v) is 23.1. The minimum atomic E-state index is -3.88. The smallest absolute Gasteiger partial charge is 0.409 e. The van der Waals surface area contributed by atoms with Gasteiger partial charge in [-0.05, 0) is 113 Å². The van der Waals surface area contributed by atoms with Crippen molar-refractivity contribution in [1.29, 1.82) is 0 Å². The molecule has 111 heavy (non-hydrogen) atoms. The number of carbonyl (C=O) groups excluding carboxylic acids is 9. The molecule has 0 radical (unpaired) electrons. The van der Waals surface area contributed by atoms with E-state index in [9.17, 15) is 47.7 Å². The van der Waals surface area contributed by atoms with Crippen molar-refractivity contribution < 1.29 is 90.1 Å². The Bertz CT molecular complexity index is 3200. The summed E-state index contributed by atoms with van der Waals surface area (Å²) >= 11 is 0. The summed E-state index contributed by atoms with van der Waals surface area (Å²) in [7, 11) is -1.13.